The molecule has 3 atom stereocenters. The Labute approximate surface area is 208 Å². The summed E-state index contributed by atoms with van der Waals surface area (Å²) >= 11 is 0. The van der Waals surface area contributed by atoms with E-state index in [9.17, 15) is 18.8 Å². The lowest BCUT2D eigenvalue weighted by atomic mass is 9.98. The van der Waals surface area contributed by atoms with E-state index >= 15 is 0 Å². The lowest BCUT2D eigenvalue weighted by molar-refractivity contribution is -0.0531. The quantitative estimate of drug-likeness (QED) is 0.488. The average Bonchev–Trinajstić information content (AvgIpc) is 2.89. The molecule has 11 heteroatoms. The number of pyridine rings is 2. The Morgan fingerprint density at radius 1 is 1.11 bits per heavy atom. The maximum Gasteiger partial charge on any atom is 0.388 e. The van der Waals surface area contributed by atoms with Crippen molar-refractivity contribution in [3.8, 4) is 11.9 Å². The number of ether oxygens (including phenoxy) is 1. The van der Waals surface area contributed by atoms with Gasteiger partial charge in [0, 0.05) is 44.3 Å². The highest BCUT2D eigenvalue weighted by Crippen LogP contribution is 2.33. The van der Waals surface area contributed by atoms with Gasteiger partial charge < -0.3 is 9.64 Å². The Morgan fingerprint density at radius 3 is 2.53 bits per heavy atom. The molecule has 4 heterocycles. The summed E-state index contributed by atoms with van der Waals surface area (Å²) in [5.74, 6) is 0.372. The Morgan fingerprint density at radius 2 is 1.86 bits per heavy atom. The molecule has 190 valence electrons. The molecule has 0 spiro atoms. The van der Waals surface area contributed by atoms with Gasteiger partial charge in [-0.2, -0.15) is 19.0 Å². The predicted octanol–water partition coefficient (Wildman–Crippen LogP) is 3.64. The second kappa shape index (κ2) is 10.5. The largest absolute Gasteiger partial charge is 0.417 e. The topological polar surface area (TPSA) is 100 Å². The number of alkyl halides is 2. The first kappa shape index (κ1) is 25.4. The van der Waals surface area contributed by atoms with Crippen LogP contribution in [0.15, 0.2) is 35.1 Å². The number of aryl methyl sites for hydroxylation is 1. The summed E-state index contributed by atoms with van der Waals surface area (Å²) in [6, 6.07) is 10.2. The zero-order valence-electron chi connectivity index (χ0n) is 20.7. The maximum atomic E-state index is 12.7. The maximum absolute atomic E-state index is 12.7. The fraction of sp³-hybridized carbons (Fsp3) is 0.480. The third-order valence-corrected chi connectivity index (χ3v) is 6.88. The summed E-state index contributed by atoms with van der Waals surface area (Å²) < 4.78 is 31.4. The summed E-state index contributed by atoms with van der Waals surface area (Å²) in [6.45, 7) is 4.45. The van der Waals surface area contributed by atoms with Crippen molar-refractivity contribution in [1.29, 1.82) is 5.26 Å². The molecule has 36 heavy (non-hydrogen) atoms. The van der Waals surface area contributed by atoms with Gasteiger partial charge >= 0.3 is 12.3 Å². The second-order valence-corrected chi connectivity index (χ2v) is 8.88. The molecule has 0 bridgehead atoms. The number of anilines is 1. The summed E-state index contributed by atoms with van der Waals surface area (Å²) in [4.78, 5) is 30.3. The summed E-state index contributed by atoms with van der Waals surface area (Å²) in [5.41, 5.74) is 1.65. The normalized spacial score (nSPS) is 19.4. The number of aromatic nitrogens is 4. The Balaban J connectivity index is 1.71. The van der Waals surface area contributed by atoms with Crippen molar-refractivity contribution < 1.29 is 13.5 Å². The predicted molar refractivity (Wildman–Crippen MR) is 131 cm³/mol. The van der Waals surface area contributed by atoms with E-state index in [0.717, 1.165) is 12.8 Å². The third kappa shape index (κ3) is 4.86. The summed E-state index contributed by atoms with van der Waals surface area (Å²) in [5, 5.41) is 9.39. The van der Waals surface area contributed by atoms with Gasteiger partial charge in [0.1, 0.15) is 17.3 Å². The van der Waals surface area contributed by atoms with Crippen LogP contribution in [-0.2, 0) is 7.05 Å². The van der Waals surface area contributed by atoms with Gasteiger partial charge in [0.2, 0.25) is 5.88 Å². The molecule has 1 aliphatic heterocycles. The van der Waals surface area contributed by atoms with E-state index in [-0.39, 0.29) is 35.4 Å². The zero-order chi connectivity index (χ0) is 26.0. The number of rotatable bonds is 7. The van der Waals surface area contributed by atoms with Crippen molar-refractivity contribution in [2.75, 3.05) is 18.0 Å². The van der Waals surface area contributed by atoms with Gasteiger partial charge in [0.05, 0.1) is 11.2 Å². The smallest absolute Gasteiger partial charge is 0.388 e. The molecule has 3 aromatic rings. The molecule has 0 aliphatic carbocycles. The highest BCUT2D eigenvalue weighted by atomic mass is 19.3. The van der Waals surface area contributed by atoms with Crippen LogP contribution in [0.3, 0.4) is 0 Å². The van der Waals surface area contributed by atoms with Crippen LogP contribution in [0.1, 0.15) is 51.0 Å². The Hall–Kier alpha value is -3.65. The minimum absolute atomic E-state index is 0.00564. The van der Waals surface area contributed by atoms with E-state index < -0.39 is 6.61 Å². The van der Waals surface area contributed by atoms with Gasteiger partial charge in [-0.25, -0.2) is 14.8 Å². The molecular weight excluding hydrogens is 468 g/mol. The molecule has 1 saturated heterocycles. The van der Waals surface area contributed by atoms with Gasteiger partial charge in [-0.05, 0) is 38.0 Å². The fourth-order valence-electron chi connectivity index (χ4n) is 4.88. The molecular formula is C25H29F2N7O2. The van der Waals surface area contributed by atoms with Crippen molar-refractivity contribution in [1.82, 2.24) is 24.4 Å². The van der Waals surface area contributed by atoms with Crippen LogP contribution in [0.2, 0.25) is 0 Å². The number of halogens is 2. The molecule has 0 N–H and O–H groups in total. The number of nitrogens with zero attached hydrogens (tertiary/aromatic N) is 7. The van der Waals surface area contributed by atoms with Crippen molar-refractivity contribution in [2.45, 2.75) is 58.3 Å². The molecule has 3 aromatic heterocycles. The fourth-order valence-corrected chi connectivity index (χ4v) is 4.88. The SMILES string of the molecule is CCC1CN(C(C)c2cccc(OC(F)F)n2)[C@H](CC)CN1c1nc(=O)n(C)c2ccc(C#N)nc12. The van der Waals surface area contributed by atoms with E-state index in [0.29, 0.717) is 35.6 Å². The van der Waals surface area contributed by atoms with Gasteiger partial charge in [-0.1, -0.05) is 19.9 Å². The van der Waals surface area contributed by atoms with Crippen LogP contribution in [0.25, 0.3) is 11.0 Å². The number of piperazine rings is 1. The highest BCUT2D eigenvalue weighted by Gasteiger charge is 2.37. The monoisotopic (exact) mass is 497 g/mol. The van der Waals surface area contributed by atoms with Gasteiger partial charge in [0.25, 0.3) is 0 Å². The number of hydrogen-bond donors (Lipinski definition) is 0. The highest BCUT2D eigenvalue weighted by molar-refractivity contribution is 5.86. The van der Waals surface area contributed by atoms with Crippen molar-refractivity contribution in [3.05, 3.63) is 52.2 Å². The van der Waals surface area contributed by atoms with Gasteiger partial charge in [0.15, 0.2) is 5.82 Å². The van der Waals surface area contributed by atoms with Crippen LogP contribution < -0.4 is 15.3 Å². The minimum atomic E-state index is -2.93. The molecule has 1 fully saturated rings. The molecule has 9 nitrogen and oxygen atoms in total. The number of nitriles is 1. The van der Waals surface area contributed by atoms with Crippen LogP contribution in [0, 0.1) is 11.3 Å². The lowest BCUT2D eigenvalue weighted by Crippen LogP contribution is -2.59. The Kier molecular flexibility index (Phi) is 7.45. The first-order valence-corrected chi connectivity index (χ1v) is 12.0. The molecule has 0 radical (unpaired) electrons. The minimum Gasteiger partial charge on any atom is -0.417 e. The molecule has 0 amide bonds. The first-order chi connectivity index (χ1) is 17.3. The molecule has 1 aliphatic rings. The van der Waals surface area contributed by atoms with Crippen LogP contribution in [-0.4, -0.2) is 56.2 Å². The van der Waals surface area contributed by atoms with Crippen molar-refractivity contribution >= 4 is 16.9 Å². The second-order valence-electron chi connectivity index (χ2n) is 8.88. The van der Waals surface area contributed by atoms with Crippen LogP contribution in [0.4, 0.5) is 14.6 Å². The lowest BCUT2D eigenvalue weighted by Gasteiger charge is -2.48. The van der Waals surface area contributed by atoms with E-state index in [1.54, 1.807) is 25.2 Å². The third-order valence-electron chi connectivity index (χ3n) is 6.88. The number of hydrogen-bond acceptors (Lipinski definition) is 8. The van der Waals surface area contributed by atoms with Gasteiger partial charge in [-0.15, -0.1) is 0 Å². The van der Waals surface area contributed by atoms with E-state index in [4.69, 9.17) is 0 Å². The standard InChI is InChI=1S/C25H29F2N7O2/c1-5-17-14-34(23-22-20(32(4)25(35)31-23)11-10-16(12-28)29-22)18(6-2)13-33(17)15(3)19-8-7-9-21(30-19)36-24(26)27/h7-11,15,17-18,24H,5-6,13-14H2,1-4H3/t15?,17-,18?/m1/s1. The average molecular weight is 498 g/mol. The van der Waals surface area contributed by atoms with Crippen molar-refractivity contribution in [3.63, 3.8) is 0 Å². The molecule has 0 saturated carbocycles. The van der Waals surface area contributed by atoms with Crippen LogP contribution in [0.5, 0.6) is 5.88 Å². The zero-order valence-corrected chi connectivity index (χ0v) is 20.7. The first-order valence-electron chi connectivity index (χ1n) is 12.0. The Bertz CT molecular complexity index is 1340. The molecule has 4 rings (SSSR count). The number of fused-ring (bicyclic) bond motifs is 1. The van der Waals surface area contributed by atoms with E-state index in [2.05, 4.69) is 49.4 Å². The van der Waals surface area contributed by atoms with E-state index in [1.807, 2.05) is 13.0 Å². The molecule has 0 aromatic carbocycles. The molecule has 2 unspecified atom stereocenters. The summed E-state index contributed by atoms with van der Waals surface area (Å²) in [6.07, 6.45) is 1.59. The summed E-state index contributed by atoms with van der Waals surface area (Å²) in [7, 11) is 1.64. The van der Waals surface area contributed by atoms with Crippen molar-refractivity contribution in [2.24, 2.45) is 7.05 Å². The van der Waals surface area contributed by atoms with Crippen LogP contribution >= 0.6 is 0 Å². The van der Waals surface area contributed by atoms with Gasteiger partial charge in [-0.3, -0.25) is 9.47 Å². The van der Waals surface area contributed by atoms with E-state index in [1.165, 1.54) is 10.6 Å².